The maximum atomic E-state index is 12.2. The molecule has 0 aromatic carbocycles. The number of rotatable bonds is 7. The second-order valence-electron chi connectivity index (χ2n) is 7.44. The minimum Gasteiger partial charge on any atom is -0.350 e. The highest BCUT2D eigenvalue weighted by Crippen LogP contribution is 2.27. The fourth-order valence-corrected chi connectivity index (χ4v) is 3.04. The molecule has 1 aliphatic rings. The van der Waals surface area contributed by atoms with Gasteiger partial charge in [-0.2, -0.15) is 0 Å². The molecule has 1 unspecified atom stereocenters. The first-order chi connectivity index (χ1) is 10.3. The number of carbonyl (C=O) groups is 2. The maximum Gasteiger partial charge on any atom is 0.239 e. The molecule has 128 valence electrons. The molecule has 0 spiro atoms. The lowest BCUT2D eigenvalue weighted by Gasteiger charge is -2.24. The highest BCUT2D eigenvalue weighted by Gasteiger charge is 2.21. The lowest BCUT2D eigenvalue weighted by Crippen LogP contribution is -2.49. The predicted molar refractivity (Wildman–Crippen MR) is 89.6 cm³/mol. The van der Waals surface area contributed by atoms with E-state index >= 15 is 0 Å². The minimum absolute atomic E-state index is 0.0394. The van der Waals surface area contributed by atoms with Crippen LogP contribution in [0, 0.1) is 5.92 Å². The number of amides is 2. The van der Waals surface area contributed by atoms with Gasteiger partial charge in [-0.3, -0.25) is 9.59 Å². The van der Waals surface area contributed by atoms with Gasteiger partial charge in [0.2, 0.25) is 11.8 Å². The molecule has 0 heterocycles. The zero-order valence-corrected chi connectivity index (χ0v) is 14.6. The highest BCUT2D eigenvalue weighted by atomic mass is 16.2. The Labute approximate surface area is 135 Å². The Morgan fingerprint density at radius 2 is 1.77 bits per heavy atom. The Balaban J connectivity index is 2.29. The summed E-state index contributed by atoms with van der Waals surface area (Å²) in [5.74, 6) is 0.534. The molecule has 3 N–H and O–H groups in total. The Kier molecular flexibility index (Phi) is 7.87. The topological polar surface area (TPSA) is 70.2 Å². The Hall–Kier alpha value is -1.10. The summed E-state index contributed by atoms with van der Waals surface area (Å²) in [6.45, 7) is 5.81. The van der Waals surface area contributed by atoms with Gasteiger partial charge < -0.3 is 16.0 Å². The van der Waals surface area contributed by atoms with Gasteiger partial charge in [-0.1, -0.05) is 32.1 Å². The summed E-state index contributed by atoms with van der Waals surface area (Å²) in [6, 6.07) is -0.204. The van der Waals surface area contributed by atoms with Gasteiger partial charge >= 0.3 is 0 Å². The SMILES string of the molecule is CNC(CCC1CCCCC1)C(=O)NCC(=O)NC(C)(C)C. The number of nitrogens with one attached hydrogen (secondary N) is 3. The van der Waals surface area contributed by atoms with E-state index in [0.717, 1.165) is 18.8 Å². The number of likely N-dealkylation sites (N-methyl/N-ethyl adjacent to an activating group) is 1. The Bertz CT molecular complexity index is 357. The van der Waals surface area contributed by atoms with Crippen molar-refractivity contribution in [2.24, 2.45) is 5.92 Å². The first-order valence-corrected chi connectivity index (χ1v) is 8.58. The molecular formula is C17H33N3O2. The van der Waals surface area contributed by atoms with E-state index in [2.05, 4.69) is 16.0 Å². The molecule has 5 heteroatoms. The standard InChI is InChI=1S/C17H33N3O2/c1-17(2,3)20-15(21)12-19-16(22)14(18-4)11-10-13-8-6-5-7-9-13/h13-14,18H,5-12H2,1-4H3,(H,19,22)(H,20,21). The van der Waals surface area contributed by atoms with Crippen LogP contribution in [0.3, 0.4) is 0 Å². The molecule has 1 fully saturated rings. The van der Waals surface area contributed by atoms with E-state index in [0.29, 0.717) is 0 Å². The van der Waals surface area contributed by atoms with Crippen molar-refractivity contribution in [3.8, 4) is 0 Å². The first kappa shape index (κ1) is 18.9. The van der Waals surface area contributed by atoms with Gasteiger partial charge in [0.1, 0.15) is 0 Å². The largest absolute Gasteiger partial charge is 0.350 e. The summed E-state index contributed by atoms with van der Waals surface area (Å²) in [5.41, 5.74) is -0.273. The normalized spacial score (nSPS) is 17.8. The third-order valence-corrected chi connectivity index (χ3v) is 4.19. The van der Waals surface area contributed by atoms with Crippen molar-refractivity contribution in [2.45, 2.75) is 77.3 Å². The van der Waals surface area contributed by atoms with E-state index in [1.165, 1.54) is 32.1 Å². The Morgan fingerprint density at radius 1 is 1.14 bits per heavy atom. The lowest BCUT2D eigenvalue weighted by atomic mass is 9.85. The van der Waals surface area contributed by atoms with Crippen LogP contribution in [-0.2, 0) is 9.59 Å². The maximum absolute atomic E-state index is 12.2. The molecular weight excluding hydrogens is 278 g/mol. The fourth-order valence-electron chi connectivity index (χ4n) is 3.04. The molecule has 0 radical (unpaired) electrons. The fraction of sp³-hybridized carbons (Fsp3) is 0.882. The molecule has 5 nitrogen and oxygen atoms in total. The van der Waals surface area contributed by atoms with Crippen molar-refractivity contribution in [3.63, 3.8) is 0 Å². The molecule has 2 amide bonds. The van der Waals surface area contributed by atoms with Crippen molar-refractivity contribution in [1.29, 1.82) is 0 Å². The second kappa shape index (κ2) is 9.13. The smallest absolute Gasteiger partial charge is 0.239 e. The van der Waals surface area contributed by atoms with Crippen molar-refractivity contribution in [2.75, 3.05) is 13.6 Å². The number of carbonyl (C=O) groups excluding carboxylic acids is 2. The highest BCUT2D eigenvalue weighted by molar-refractivity contribution is 5.87. The molecule has 1 rings (SSSR count). The summed E-state index contributed by atoms with van der Waals surface area (Å²) in [4.78, 5) is 23.9. The van der Waals surface area contributed by atoms with Gasteiger partial charge in [-0.25, -0.2) is 0 Å². The van der Waals surface area contributed by atoms with Gasteiger partial charge in [0.25, 0.3) is 0 Å². The number of hydrogen-bond acceptors (Lipinski definition) is 3. The molecule has 0 aromatic heterocycles. The summed E-state index contributed by atoms with van der Waals surface area (Å²) in [6.07, 6.45) is 8.54. The molecule has 1 aliphatic carbocycles. The molecule has 0 saturated heterocycles. The average Bonchev–Trinajstić information content (AvgIpc) is 2.45. The van der Waals surface area contributed by atoms with Gasteiger partial charge in [-0.15, -0.1) is 0 Å². The van der Waals surface area contributed by atoms with Crippen LogP contribution in [0.15, 0.2) is 0 Å². The van der Waals surface area contributed by atoms with E-state index in [-0.39, 0.29) is 29.9 Å². The third-order valence-electron chi connectivity index (χ3n) is 4.19. The van der Waals surface area contributed by atoms with Crippen molar-refractivity contribution in [1.82, 2.24) is 16.0 Å². The summed E-state index contributed by atoms with van der Waals surface area (Å²) >= 11 is 0. The van der Waals surface area contributed by atoms with Gasteiger partial charge in [0.15, 0.2) is 0 Å². The van der Waals surface area contributed by atoms with E-state index < -0.39 is 0 Å². The molecule has 0 aliphatic heterocycles. The van der Waals surface area contributed by atoms with Crippen LogP contribution < -0.4 is 16.0 Å². The molecule has 0 aromatic rings. The van der Waals surface area contributed by atoms with Crippen LogP contribution in [0.5, 0.6) is 0 Å². The van der Waals surface area contributed by atoms with E-state index in [9.17, 15) is 9.59 Å². The van der Waals surface area contributed by atoms with Gasteiger partial charge in [-0.05, 0) is 46.6 Å². The van der Waals surface area contributed by atoms with Crippen molar-refractivity contribution in [3.05, 3.63) is 0 Å². The summed E-state index contributed by atoms with van der Waals surface area (Å²) in [7, 11) is 1.81. The quantitative estimate of drug-likeness (QED) is 0.673. The summed E-state index contributed by atoms with van der Waals surface area (Å²) in [5, 5.41) is 8.64. The van der Waals surface area contributed by atoms with Crippen LogP contribution in [0.25, 0.3) is 0 Å². The van der Waals surface area contributed by atoms with E-state index in [1.807, 2.05) is 20.8 Å². The number of hydrogen-bond donors (Lipinski definition) is 3. The van der Waals surface area contributed by atoms with Crippen molar-refractivity contribution < 1.29 is 9.59 Å². The second-order valence-corrected chi connectivity index (χ2v) is 7.44. The minimum atomic E-state index is -0.273. The van der Waals surface area contributed by atoms with Crippen LogP contribution in [0.2, 0.25) is 0 Å². The third kappa shape index (κ3) is 7.78. The zero-order chi connectivity index (χ0) is 16.6. The van der Waals surface area contributed by atoms with E-state index in [1.54, 1.807) is 7.05 Å². The zero-order valence-electron chi connectivity index (χ0n) is 14.6. The van der Waals surface area contributed by atoms with Gasteiger partial charge in [0, 0.05) is 5.54 Å². The van der Waals surface area contributed by atoms with E-state index in [4.69, 9.17) is 0 Å². The molecule has 1 atom stereocenters. The van der Waals surface area contributed by atoms with Crippen LogP contribution in [0.4, 0.5) is 0 Å². The lowest BCUT2D eigenvalue weighted by molar-refractivity contribution is -0.128. The molecule has 0 bridgehead atoms. The van der Waals surface area contributed by atoms with Crippen LogP contribution >= 0.6 is 0 Å². The average molecular weight is 311 g/mol. The van der Waals surface area contributed by atoms with Crippen LogP contribution in [-0.4, -0.2) is 37.0 Å². The monoisotopic (exact) mass is 311 g/mol. The van der Waals surface area contributed by atoms with Crippen LogP contribution in [0.1, 0.15) is 65.7 Å². The molecule has 1 saturated carbocycles. The molecule has 22 heavy (non-hydrogen) atoms. The van der Waals surface area contributed by atoms with Gasteiger partial charge in [0.05, 0.1) is 12.6 Å². The van der Waals surface area contributed by atoms with Crippen molar-refractivity contribution >= 4 is 11.8 Å². The Morgan fingerprint density at radius 3 is 2.32 bits per heavy atom. The predicted octanol–water partition coefficient (Wildman–Crippen LogP) is 1.97. The summed E-state index contributed by atoms with van der Waals surface area (Å²) < 4.78 is 0. The first-order valence-electron chi connectivity index (χ1n) is 8.58.